The van der Waals surface area contributed by atoms with Gasteiger partial charge in [0.05, 0.1) is 10.8 Å². The van der Waals surface area contributed by atoms with Crippen LogP contribution in [0.3, 0.4) is 0 Å². The van der Waals surface area contributed by atoms with Crippen LogP contribution >= 0.6 is 0 Å². The molecular weight excluding hydrogens is 396 g/mol. The Labute approximate surface area is 177 Å². The molecule has 0 radical (unpaired) electrons. The van der Waals surface area contributed by atoms with Crippen molar-refractivity contribution < 1.29 is 13.2 Å². The molecule has 6 heteroatoms. The molecule has 0 unspecified atom stereocenters. The second-order valence-electron chi connectivity index (χ2n) is 7.52. The van der Waals surface area contributed by atoms with Gasteiger partial charge in [0.25, 0.3) is 0 Å². The number of amides is 1. The fourth-order valence-corrected chi connectivity index (χ4v) is 4.96. The van der Waals surface area contributed by atoms with Crippen molar-refractivity contribution in [3.05, 3.63) is 95.6 Å². The van der Waals surface area contributed by atoms with Gasteiger partial charge in [0.15, 0.2) is 0 Å². The number of carbonyl (C=O) groups is 1. The zero-order chi connectivity index (χ0) is 21.1. The van der Waals surface area contributed by atoms with E-state index in [1.807, 2.05) is 36.4 Å². The lowest BCUT2D eigenvalue weighted by Gasteiger charge is -2.18. The van der Waals surface area contributed by atoms with Crippen molar-refractivity contribution in [1.82, 2.24) is 4.72 Å². The van der Waals surface area contributed by atoms with E-state index in [1.165, 1.54) is 6.07 Å². The van der Waals surface area contributed by atoms with Crippen LogP contribution in [0.5, 0.6) is 0 Å². The Morgan fingerprint density at radius 1 is 0.933 bits per heavy atom. The molecule has 3 aromatic carbocycles. The van der Waals surface area contributed by atoms with Gasteiger partial charge in [-0.3, -0.25) is 4.79 Å². The summed E-state index contributed by atoms with van der Waals surface area (Å²) in [5.74, 6) is -0.367. The van der Waals surface area contributed by atoms with Crippen molar-refractivity contribution in [2.75, 3.05) is 11.9 Å². The molecule has 2 N–H and O–H groups in total. The molecule has 5 nitrogen and oxygen atoms in total. The molecule has 1 aliphatic heterocycles. The van der Waals surface area contributed by atoms with Crippen molar-refractivity contribution >= 4 is 21.6 Å². The quantitative estimate of drug-likeness (QED) is 0.600. The first-order valence-electron chi connectivity index (χ1n) is 10.00. The Hall–Kier alpha value is -2.96. The van der Waals surface area contributed by atoms with Crippen LogP contribution in [0.4, 0.5) is 5.69 Å². The van der Waals surface area contributed by atoms with Gasteiger partial charge in [-0.15, -0.1) is 0 Å². The largest absolute Gasteiger partial charge is 0.325 e. The lowest BCUT2D eigenvalue weighted by molar-refractivity contribution is -0.116. The molecule has 0 aliphatic carbocycles. The SMILES string of the molecule is C[C@@H]1C(=O)Nc2ccc(S(=O)(=O)NCCC(c3ccccc3)c3ccccc3)cc21. The monoisotopic (exact) mass is 420 g/mol. The zero-order valence-corrected chi connectivity index (χ0v) is 17.5. The standard InChI is InChI=1S/C24H24N2O3S/c1-17-22-16-20(12-13-23(22)26-24(17)27)30(28,29)25-15-14-21(18-8-4-2-5-9-18)19-10-6-3-7-11-19/h2-13,16-17,21,25H,14-15H2,1H3,(H,26,27)/t17-/m0/s1. The molecule has 0 aromatic heterocycles. The minimum Gasteiger partial charge on any atom is -0.325 e. The van der Waals surface area contributed by atoms with Gasteiger partial charge in [0, 0.05) is 18.2 Å². The molecule has 3 aromatic rings. The third kappa shape index (κ3) is 4.15. The molecule has 0 saturated carbocycles. The molecular formula is C24H24N2O3S. The van der Waals surface area contributed by atoms with Gasteiger partial charge < -0.3 is 5.32 Å². The first-order chi connectivity index (χ1) is 14.5. The highest BCUT2D eigenvalue weighted by Gasteiger charge is 2.28. The molecule has 1 amide bonds. The van der Waals surface area contributed by atoms with Crippen molar-refractivity contribution in [2.45, 2.75) is 30.1 Å². The summed E-state index contributed by atoms with van der Waals surface area (Å²) < 4.78 is 28.4. The van der Waals surface area contributed by atoms with Gasteiger partial charge in [-0.25, -0.2) is 13.1 Å². The summed E-state index contributed by atoms with van der Waals surface area (Å²) in [6, 6.07) is 25.0. The predicted molar refractivity (Wildman–Crippen MR) is 118 cm³/mol. The van der Waals surface area contributed by atoms with E-state index in [0.717, 1.165) is 11.1 Å². The van der Waals surface area contributed by atoms with E-state index in [1.54, 1.807) is 19.1 Å². The minimum atomic E-state index is -3.67. The Morgan fingerprint density at radius 2 is 1.53 bits per heavy atom. The van der Waals surface area contributed by atoms with E-state index in [-0.39, 0.29) is 22.6 Å². The van der Waals surface area contributed by atoms with E-state index >= 15 is 0 Å². The number of anilines is 1. The van der Waals surface area contributed by atoms with Crippen molar-refractivity contribution in [3.63, 3.8) is 0 Å². The van der Waals surface area contributed by atoms with Gasteiger partial charge in [-0.1, -0.05) is 60.7 Å². The number of benzene rings is 3. The molecule has 0 spiro atoms. The summed E-state index contributed by atoms with van der Waals surface area (Å²) in [4.78, 5) is 12.0. The highest BCUT2D eigenvalue weighted by atomic mass is 32.2. The van der Waals surface area contributed by atoms with Gasteiger partial charge in [0.2, 0.25) is 15.9 Å². The molecule has 0 fully saturated rings. The molecule has 154 valence electrons. The Morgan fingerprint density at radius 3 is 2.13 bits per heavy atom. The second kappa shape index (κ2) is 8.42. The third-order valence-electron chi connectivity index (χ3n) is 5.58. The van der Waals surface area contributed by atoms with Crippen LogP contribution < -0.4 is 10.0 Å². The number of hydrogen-bond donors (Lipinski definition) is 2. The van der Waals surface area contributed by atoms with Gasteiger partial charge in [0.1, 0.15) is 0 Å². The highest BCUT2D eigenvalue weighted by Crippen LogP contribution is 2.34. The number of carbonyl (C=O) groups excluding carboxylic acids is 1. The van der Waals surface area contributed by atoms with Crippen molar-refractivity contribution in [2.24, 2.45) is 0 Å². The molecule has 30 heavy (non-hydrogen) atoms. The second-order valence-corrected chi connectivity index (χ2v) is 9.29. The maximum atomic E-state index is 12.9. The van der Waals surface area contributed by atoms with Crippen molar-refractivity contribution in [3.8, 4) is 0 Å². The topological polar surface area (TPSA) is 75.3 Å². The van der Waals surface area contributed by atoms with Crippen LogP contribution in [0.2, 0.25) is 0 Å². The number of hydrogen-bond acceptors (Lipinski definition) is 3. The van der Waals surface area contributed by atoms with Crippen LogP contribution in [0.1, 0.15) is 41.9 Å². The van der Waals surface area contributed by atoms with Crippen LogP contribution in [0.15, 0.2) is 83.8 Å². The van der Waals surface area contributed by atoms with E-state index in [2.05, 4.69) is 34.3 Å². The fourth-order valence-electron chi connectivity index (χ4n) is 3.88. The smallest absolute Gasteiger partial charge is 0.240 e. The van der Waals surface area contributed by atoms with E-state index in [0.29, 0.717) is 24.2 Å². The Bertz CT molecular complexity index is 1110. The summed E-state index contributed by atoms with van der Waals surface area (Å²) in [6.45, 7) is 2.08. The molecule has 1 aliphatic rings. The molecule has 1 atom stereocenters. The third-order valence-corrected chi connectivity index (χ3v) is 7.04. The van der Waals surface area contributed by atoms with E-state index in [9.17, 15) is 13.2 Å². The van der Waals surface area contributed by atoms with Crippen LogP contribution in [0, 0.1) is 0 Å². The maximum absolute atomic E-state index is 12.9. The Balaban J connectivity index is 1.50. The van der Waals surface area contributed by atoms with Crippen LogP contribution in [-0.4, -0.2) is 20.9 Å². The summed E-state index contributed by atoms with van der Waals surface area (Å²) in [7, 11) is -3.67. The van der Waals surface area contributed by atoms with Crippen molar-refractivity contribution in [1.29, 1.82) is 0 Å². The van der Waals surface area contributed by atoms with Gasteiger partial charge in [-0.2, -0.15) is 0 Å². The highest BCUT2D eigenvalue weighted by molar-refractivity contribution is 7.89. The minimum absolute atomic E-state index is 0.0944. The van der Waals surface area contributed by atoms with E-state index in [4.69, 9.17) is 0 Å². The summed E-state index contributed by atoms with van der Waals surface area (Å²) in [6.07, 6.45) is 0.634. The number of sulfonamides is 1. The molecule has 1 heterocycles. The normalized spacial score (nSPS) is 15.8. The first-order valence-corrected chi connectivity index (χ1v) is 11.5. The summed E-state index contributed by atoms with van der Waals surface area (Å²) >= 11 is 0. The maximum Gasteiger partial charge on any atom is 0.240 e. The summed E-state index contributed by atoms with van der Waals surface area (Å²) in [5.41, 5.74) is 3.70. The van der Waals surface area contributed by atoms with E-state index < -0.39 is 10.0 Å². The van der Waals surface area contributed by atoms with Gasteiger partial charge in [-0.05, 0) is 48.2 Å². The Kier molecular flexibility index (Phi) is 5.70. The predicted octanol–water partition coefficient (Wildman–Crippen LogP) is 4.24. The molecule has 4 rings (SSSR count). The molecule has 0 bridgehead atoms. The molecule has 0 saturated heterocycles. The number of nitrogens with one attached hydrogen (secondary N) is 2. The zero-order valence-electron chi connectivity index (χ0n) is 16.7. The lowest BCUT2D eigenvalue weighted by Crippen LogP contribution is -2.26. The fraction of sp³-hybridized carbons (Fsp3) is 0.208. The number of rotatable bonds is 7. The van der Waals surface area contributed by atoms with Crippen LogP contribution in [-0.2, 0) is 14.8 Å². The van der Waals surface area contributed by atoms with Crippen LogP contribution in [0.25, 0.3) is 0 Å². The lowest BCUT2D eigenvalue weighted by atomic mass is 9.89. The average Bonchev–Trinajstić information content (AvgIpc) is 3.05. The average molecular weight is 421 g/mol. The van der Waals surface area contributed by atoms with Gasteiger partial charge >= 0.3 is 0 Å². The number of fused-ring (bicyclic) bond motifs is 1. The summed E-state index contributed by atoms with van der Waals surface area (Å²) in [5, 5.41) is 2.77. The first kappa shape index (κ1) is 20.3.